The smallest absolute Gasteiger partial charge is 0.435 e. The predicted molar refractivity (Wildman–Crippen MR) is 43.7 cm³/mol. The van der Waals surface area contributed by atoms with Gasteiger partial charge >= 0.3 is 6.18 Å². The summed E-state index contributed by atoms with van der Waals surface area (Å²) in [6.07, 6.45) is -3.96. The van der Waals surface area contributed by atoms with Gasteiger partial charge in [0, 0.05) is 13.1 Å². The van der Waals surface area contributed by atoms with Crippen molar-refractivity contribution in [3.05, 3.63) is 11.8 Å². The maximum atomic E-state index is 12.2. The van der Waals surface area contributed by atoms with Crippen molar-refractivity contribution in [3.63, 3.8) is 0 Å². The van der Waals surface area contributed by atoms with Crippen LogP contribution in [0.3, 0.4) is 0 Å². The maximum Gasteiger partial charge on any atom is 0.435 e. The fourth-order valence-electron chi connectivity index (χ4n) is 0.574. The topological polar surface area (TPSA) is 50.7 Å². The molecule has 0 atom stereocenters. The van der Waals surface area contributed by atoms with E-state index in [-0.39, 0.29) is 6.29 Å². The number of rotatable bonds is 4. The number of ether oxygens (including phenoxy) is 1. The number of allylic oxidation sites excluding steroid dienone is 2. The molecule has 80 valence electrons. The number of nitrogens with zero attached hydrogens (tertiary/aromatic N) is 1. The highest BCUT2D eigenvalue weighted by Gasteiger charge is 2.35. The lowest BCUT2D eigenvalue weighted by Gasteiger charge is -2.06. The standard InChI is InChI=1S/C7H9F3N2O2/c1-11-12-6(7(8,9)10)3-5(4-13)14-2/h3-4,11H,1-2H3/b5-3+,12-6+. The Morgan fingerprint density at radius 1 is 1.50 bits per heavy atom. The van der Waals surface area contributed by atoms with Crippen molar-refractivity contribution in [2.24, 2.45) is 5.10 Å². The number of hydrogen-bond donors (Lipinski definition) is 1. The first-order chi connectivity index (χ1) is 6.45. The highest BCUT2D eigenvalue weighted by Crippen LogP contribution is 2.18. The zero-order valence-corrected chi connectivity index (χ0v) is 7.55. The second-order valence-corrected chi connectivity index (χ2v) is 2.09. The molecular weight excluding hydrogens is 201 g/mol. The number of halogens is 3. The fourth-order valence-corrected chi connectivity index (χ4v) is 0.574. The molecule has 0 aromatic carbocycles. The van der Waals surface area contributed by atoms with Crippen LogP contribution in [0.4, 0.5) is 13.2 Å². The van der Waals surface area contributed by atoms with Crippen LogP contribution >= 0.6 is 0 Å². The number of nitrogens with one attached hydrogen (secondary N) is 1. The third-order valence-corrected chi connectivity index (χ3v) is 1.15. The molecule has 0 radical (unpaired) electrons. The molecule has 14 heavy (non-hydrogen) atoms. The van der Waals surface area contributed by atoms with Crippen LogP contribution in [-0.2, 0) is 9.53 Å². The summed E-state index contributed by atoms with van der Waals surface area (Å²) in [4.78, 5) is 10.2. The summed E-state index contributed by atoms with van der Waals surface area (Å²) in [5, 5.41) is 2.96. The number of methoxy groups -OCH3 is 1. The summed E-state index contributed by atoms with van der Waals surface area (Å²) in [7, 11) is 2.31. The molecule has 0 saturated carbocycles. The predicted octanol–water partition coefficient (Wildman–Crippen LogP) is 0.853. The van der Waals surface area contributed by atoms with Gasteiger partial charge in [-0.15, -0.1) is 0 Å². The molecule has 0 unspecified atom stereocenters. The Morgan fingerprint density at radius 3 is 2.36 bits per heavy atom. The molecule has 0 rings (SSSR count). The number of carbonyl (C=O) groups excluding carboxylic acids is 1. The van der Waals surface area contributed by atoms with E-state index in [9.17, 15) is 18.0 Å². The maximum absolute atomic E-state index is 12.2. The van der Waals surface area contributed by atoms with Gasteiger partial charge in [-0.05, 0) is 0 Å². The minimum absolute atomic E-state index is 0.164. The summed E-state index contributed by atoms with van der Waals surface area (Å²) >= 11 is 0. The van der Waals surface area contributed by atoms with E-state index in [1.807, 2.05) is 5.43 Å². The van der Waals surface area contributed by atoms with Crippen molar-refractivity contribution < 1.29 is 22.7 Å². The average molecular weight is 210 g/mol. The lowest BCUT2D eigenvalue weighted by molar-refractivity contribution is -0.107. The minimum atomic E-state index is -4.63. The third-order valence-electron chi connectivity index (χ3n) is 1.15. The molecule has 4 nitrogen and oxygen atoms in total. The number of hydrazone groups is 1. The van der Waals surface area contributed by atoms with Crippen LogP contribution in [-0.4, -0.2) is 32.3 Å². The van der Waals surface area contributed by atoms with E-state index in [0.717, 1.165) is 7.11 Å². The Kier molecular flexibility index (Phi) is 4.68. The zero-order valence-electron chi connectivity index (χ0n) is 7.55. The summed E-state index contributed by atoms with van der Waals surface area (Å²) in [6, 6.07) is 0. The Labute approximate surface area is 78.4 Å². The molecule has 0 aromatic rings. The summed E-state index contributed by atoms with van der Waals surface area (Å²) in [5.74, 6) is -0.448. The van der Waals surface area contributed by atoms with Gasteiger partial charge in [0.05, 0.1) is 7.11 Å². The number of hydrogen-bond acceptors (Lipinski definition) is 4. The molecule has 0 aromatic heterocycles. The van der Waals surface area contributed by atoms with E-state index in [4.69, 9.17) is 0 Å². The van der Waals surface area contributed by atoms with E-state index < -0.39 is 17.6 Å². The van der Waals surface area contributed by atoms with E-state index in [2.05, 4.69) is 9.84 Å². The van der Waals surface area contributed by atoms with Gasteiger partial charge < -0.3 is 10.2 Å². The van der Waals surface area contributed by atoms with Crippen molar-refractivity contribution in [1.29, 1.82) is 0 Å². The molecular formula is C7H9F3N2O2. The molecule has 0 aliphatic carbocycles. The molecule has 0 fully saturated rings. The molecule has 0 spiro atoms. The molecule has 1 N–H and O–H groups in total. The molecule has 0 saturated heterocycles. The van der Waals surface area contributed by atoms with Crippen LogP contribution in [0.1, 0.15) is 0 Å². The lowest BCUT2D eigenvalue weighted by atomic mass is 10.3. The van der Waals surface area contributed by atoms with Crippen molar-refractivity contribution in [1.82, 2.24) is 5.43 Å². The lowest BCUT2D eigenvalue weighted by Crippen LogP contribution is -2.24. The van der Waals surface area contributed by atoms with E-state index >= 15 is 0 Å². The third kappa shape index (κ3) is 3.92. The molecule has 0 heterocycles. The highest BCUT2D eigenvalue weighted by atomic mass is 19.4. The molecule has 0 aliphatic rings. The molecule has 0 aliphatic heterocycles. The Hall–Kier alpha value is -1.53. The molecule has 0 amide bonds. The van der Waals surface area contributed by atoms with Crippen LogP contribution < -0.4 is 5.43 Å². The van der Waals surface area contributed by atoms with Crippen LogP contribution in [0, 0.1) is 0 Å². The normalized spacial score (nSPS) is 13.8. The highest BCUT2D eigenvalue weighted by molar-refractivity contribution is 6.02. The zero-order chi connectivity index (χ0) is 11.2. The molecule has 7 heteroatoms. The first-order valence-corrected chi connectivity index (χ1v) is 3.48. The van der Waals surface area contributed by atoms with E-state index in [0.29, 0.717) is 6.08 Å². The number of carbonyl (C=O) groups is 1. The van der Waals surface area contributed by atoms with Crippen molar-refractivity contribution in [3.8, 4) is 0 Å². The van der Waals surface area contributed by atoms with Gasteiger partial charge in [0.15, 0.2) is 17.8 Å². The first kappa shape index (κ1) is 12.5. The van der Waals surface area contributed by atoms with E-state index in [1.165, 1.54) is 7.05 Å². The average Bonchev–Trinajstić information content (AvgIpc) is 2.10. The van der Waals surface area contributed by atoms with Gasteiger partial charge in [0.2, 0.25) is 0 Å². The van der Waals surface area contributed by atoms with Crippen LogP contribution in [0.2, 0.25) is 0 Å². The van der Waals surface area contributed by atoms with Gasteiger partial charge in [0.25, 0.3) is 0 Å². The van der Waals surface area contributed by atoms with Gasteiger partial charge in [-0.3, -0.25) is 4.79 Å². The van der Waals surface area contributed by atoms with Crippen molar-refractivity contribution in [2.45, 2.75) is 6.18 Å². The summed E-state index contributed by atoms with van der Waals surface area (Å²) in [5.41, 5.74) is 0.747. The van der Waals surface area contributed by atoms with Crippen molar-refractivity contribution >= 4 is 12.0 Å². The SMILES string of the molecule is CN/N=C(\C=C(/C=O)OC)C(F)(F)F. The van der Waals surface area contributed by atoms with Gasteiger partial charge in [-0.1, -0.05) is 0 Å². The number of aldehydes is 1. The van der Waals surface area contributed by atoms with Crippen LogP contribution in [0.25, 0.3) is 0 Å². The largest absolute Gasteiger partial charge is 0.493 e. The van der Waals surface area contributed by atoms with Gasteiger partial charge in [-0.2, -0.15) is 18.3 Å². The van der Waals surface area contributed by atoms with Crippen LogP contribution in [0.5, 0.6) is 0 Å². The minimum Gasteiger partial charge on any atom is -0.493 e. The fraction of sp³-hybridized carbons (Fsp3) is 0.429. The Bertz CT molecular complexity index is 258. The summed E-state index contributed by atoms with van der Waals surface area (Å²) < 4.78 is 40.8. The second-order valence-electron chi connectivity index (χ2n) is 2.09. The Morgan fingerprint density at radius 2 is 2.07 bits per heavy atom. The first-order valence-electron chi connectivity index (χ1n) is 3.48. The van der Waals surface area contributed by atoms with Crippen LogP contribution in [0.15, 0.2) is 16.9 Å². The second kappa shape index (κ2) is 5.25. The van der Waals surface area contributed by atoms with Gasteiger partial charge in [-0.25, -0.2) is 0 Å². The summed E-state index contributed by atoms with van der Waals surface area (Å²) in [6.45, 7) is 0. The monoisotopic (exact) mass is 210 g/mol. The quantitative estimate of drug-likeness (QED) is 0.246. The van der Waals surface area contributed by atoms with Gasteiger partial charge in [0.1, 0.15) is 0 Å². The molecule has 0 bridgehead atoms. The Balaban J connectivity index is 4.96. The van der Waals surface area contributed by atoms with Crippen molar-refractivity contribution in [2.75, 3.05) is 14.2 Å². The van der Waals surface area contributed by atoms with E-state index in [1.54, 1.807) is 0 Å². The number of alkyl halides is 3.